The van der Waals surface area contributed by atoms with E-state index < -0.39 is 17.6 Å². The van der Waals surface area contributed by atoms with Crippen LogP contribution >= 0.6 is 11.3 Å². The molecule has 0 atom stereocenters. The van der Waals surface area contributed by atoms with Crippen molar-refractivity contribution in [1.29, 1.82) is 0 Å². The first kappa shape index (κ1) is 13.8. The summed E-state index contributed by atoms with van der Waals surface area (Å²) in [6.45, 7) is 0.0336. The number of rotatable bonds is 4. The summed E-state index contributed by atoms with van der Waals surface area (Å²) in [5, 5.41) is 31.8. The lowest BCUT2D eigenvalue weighted by Crippen LogP contribution is -2.22. The Labute approximate surface area is 117 Å². The molecular weight excluding hydrogens is 284 g/mol. The summed E-state index contributed by atoms with van der Waals surface area (Å²) >= 11 is 1.10. The molecule has 1 heterocycles. The maximum absolute atomic E-state index is 11.8. The van der Waals surface area contributed by atoms with Crippen LogP contribution in [0.5, 0.6) is 11.5 Å². The fourth-order valence-corrected chi connectivity index (χ4v) is 2.16. The number of nitrogens with one attached hydrogen (secondary N) is 1. The first-order valence-electron chi connectivity index (χ1n) is 5.46. The molecule has 0 fully saturated rings. The van der Waals surface area contributed by atoms with E-state index >= 15 is 0 Å². The number of phenolic OH excluding ortho intramolecular Hbond substituents is 2. The van der Waals surface area contributed by atoms with Crippen LogP contribution in [0.25, 0.3) is 0 Å². The van der Waals surface area contributed by atoms with Gasteiger partial charge < -0.3 is 20.6 Å². The van der Waals surface area contributed by atoms with E-state index in [0.29, 0.717) is 5.01 Å². The fourth-order valence-electron chi connectivity index (χ4n) is 1.46. The third kappa shape index (κ3) is 2.86. The number of carboxylic acids is 1. The second kappa shape index (κ2) is 5.57. The van der Waals surface area contributed by atoms with Gasteiger partial charge in [-0.1, -0.05) is 6.07 Å². The molecule has 0 radical (unpaired) electrons. The average Bonchev–Trinajstić information content (AvgIpc) is 2.88. The predicted molar refractivity (Wildman–Crippen MR) is 70.0 cm³/mol. The topological polar surface area (TPSA) is 120 Å². The number of carbonyl (C=O) groups excluding carboxylic acids is 1. The van der Waals surface area contributed by atoms with Crippen LogP contribution in [-0.2, 0) is 6.54 Å². The molecule has 1 amide bonds. The highest BCUT2D eigenvalue weighted by atomic mass is 32.1. The van der Waals surface area contributed by atoms with Crippen LogP contribution in [0, 0.1) is 0 Å². The minimum atomic E-state index is -1.13. The molecule has 0 aliphatic rings. The Morgan fingerprint density at radius 1 is 1.30 bits per heavy atom. The lowest BCUT2D eigenvalue weighted by Gasteiger charge is -2.06. The highest BCUT2D eigenvalue weighted by Crippen LogP contribution is 2.27. The predicted octanol–water partition coefficient (Wildman–Crippen LogP) is 1.18. The molecule has 104 valence electrons. The van der Waals surface area contributed by atoms with E-state index in [9.17, 15) is 19.8 Å². The summed E-state index contributed by atoms with van der Waals surface area (Å²) < 4.78 is 0. The SMILES string of the molecule is O=C(O)c1csc(CNC(=O)c2cccc(O)c2O)n1. The Morgan fingerprint density at radius 2 is 2.05 bits per heavy atom. The van der Waals surface area contributed by atoms with E-state index in [1.807, 2.05) is 0 Å². The normalized spacial score (nSPS) is 10.2. The largest absolute Gasteiger partial charge is 0.504 e. The van der Waals surface area contributed by atoms with Crippen molar-refractivity contribution in [3.8, 4) is 11.5 Å². The number of carboxylic acid groups (broad SMARTS) is 1. The zero-order valence-corrected chi connectivity index (χ0v) is 10.8. The maximum Gasteiger partial charge on any atom is 0.355 e. The van der Waals surface area contributed by atoms with Crippen molar-refractivity contribution in [3.05, 3.63) is 39.8 Å². The molecule has 20 heavy (non-hydrogen) atoms. The first-order chi connectivity index (χ1) is 9.49. The van der Waals surface area contributed by atoms with Gasteiger partial charge in [-0.05, 0) is 12.1 Å². The van der Waals surface area contributed by atoms with Crippen molar-refractivity contribution >= 4 is 23.2 Å². The minimum Gasteiger partial charge on any atom is -0.504 e. The van der Waals surface area contributed by atoms with Gasteiger partial charge in [-0.2, -0.15) is 0 Å². The third-order valence-corrected chi connectivity index (χ3v) is 3.28. The standard InChI is InChI=1S/C12H10N2O5S/c15-8-3-1-2-6(10(8)16)11(17)13-4-9-14-7(5-20-9)12(18)19/h1-3,5,15-16H,4H2,(H,13,17)(H,18,19). The minimum absolute atomic E-state index is 0.0336. The van der Waals surface area contributed by atoms with Crippen molar-refractivity contribution in [1.82, 2.24) is 10.3 Å². The van der Waals surface area contributed by atoms with Gasteiger partial charge in [0.2, 0.25) is 0 Å². The van der Waals surface area contributed by atoms with Gasteiger partial charge in [-0.3, -0.25) is 4.79 Å². The van der Waals surface area contributed by atoms with Gasteiger partial charge in [0.05, 0.1) is 12.1 Å². The number of benzene rings is 1. The molecule has 0 unspecified atom stereocenters. The summed E-state index contributed by atoms with van der Waals surface area (Å²) in [5.74, 6) is -2.62. The second-order valence-corrected chi connectivity index (χ2v) is 4.73. The van der Waals surface area contributed by atoms with Gasteiger partial charge in [0, 0.05) is 5.38 Å². The van der Waals surface area contributed by atoms with Gasteiger partial charge >= 0.3 is 5.97 Å². The lowest BCUT2D eigenvalue weighted by molar-refractivity contribution is 0.0691. The number of aromatic hydroxyl groups is 2. The van der Waals surface area contributed by atoms with Gasteiger partial charge in [0.1, 0.15) is 5.01 Å². The molecule has 0 aliphatic heterocycles. The van der Waals surface area contributed by atoms with Gasteiger partial charge in [0.15, 0.2) is 17.2 Å². The monoisotopic (exact) mass is 294 g/mol. The van der Waals surface area contributed by atoms with Crippen molar-refractivity contribution in [3.63, 3.8) is 0 Å². The zero-order valence-electron chi connectivity index (χ0n) is 10.0. The fraction of sp³-hybridized carbons (Fsp3) is 0.0833. The summed E-state index contributed by atoms with van der Waals surface area (Å²) in [5.41, 5.74) is -0.153. The number of nitrogens with zero attached hydrogens (tertiary/aromatic N) is 1. The van der Waals surface area contributed by atoms with Crippen molar-refractivity contribution < 1.29 is 24.9 Å². The molecule has 0 saturated heterocycles. The van der Waals surface area contributed by atoms with Gasteiger partial charge in [0.25, 0.3) is 5.91 Å². The third-order valence-electron chi connectivity index (χ3n) is 2.43. The zero-order chi connectivity index (χ0) is 14.7. The number of phenols is 2. The van der Waals surface area contributed by atoms with E-state index in [-0.39, 0.29) is 23.6 Å². The van der Waals surface area contributed by atoms with Crippen LogP contribution in [0.3, 0.4) is 0 Å². The second-order valence-electron chi connectivity index (χ2n) is 3.79. The smallest absolute Gasteiger partial charge is 0.355 e. The lowest BCUT2D eigenvalue weighted by atomic mass is 10.1. The van der Waals surface area contributed by atoms with Crippen LogP contribution in [-0.4, -0.2) is 32.2 Å². The number of hydrogen-bond donors (Lipinski definition) is 4. The Hall–Kier alpha value is -2.61. The Balaban J connectivity index is 2.05. The number of aromatic carboxylic acids is 1. The van der Waals surface area contributed by atoms with Crippen LogP contribution in [0.1, 0.15) is 25.9 Å². The molecule has 0 bridgehead atoms. The number of para-hydroxylation sites is 1. The molecular formula is C12H10N2O5S. The van der Waals surface area contributed by atoms with E-state index in [2.05, 4.69) is 10.3 Å². The van der Waals surface area contributed by atoms with E-state index in [4.69, 9.17) is 5.11 Å². The summed E-state index contributed by atoms with van der Waals surface area (Å²) in [6, 6.07) is 4.04. The van der Waals surface area contributed by atoms with E-state index in [0.717, 1.165) is 11.3 Å². The van der Waals surface area contributed by atoms with Crippen LogP contribution < -0.4 is 5.32 Å². The Kier molecular flexibility index (Phi) is 3.85. The molecule has 4 N–H and O–H groups in total. The van der Waals surface area contributed by atoms with E-state index in [1.54, 1.807) is 0 Å². The highest BCUT2D eigenvalue weighted by Gasteiger charge is 2.14. The van der Waals surface area contributed by atoms with Gasteiger partial charge in [-0.15, -0.1) is 11.3 Å². The van der Waals surface area contributed by atoms with Crippen molar-refractivity contribution in [2.45, 2.75) is 6.54 Å². The van der Waals surface area contributed by atoms with Crippen LogP contribution in [0.15, 0.2) is 23.6 Å². The van der Waals surface area contributed by atoms with Crippen LogP contribution in [0.2, 0.25) is 0 Å². The molecule has 1 aromatic carbocycles. The number of hydrogen-bond acceptors (Lipinski definition) is 6. The number of carbonyl (C=O) groups is 2. The molecule has 8 heteroatoms. The molecule has 1 aromatic heterocycles. The van der Waals surface area contributed by atoms with E-state index in [1.165, 1.54) is 23.6 Å². The first-order valence-corrected chi connectivity index (χ1v) is 6.34. The molecule has 2 aromatic rings. The quantitative estimate of drug-likeness (QED) is 0.629. The number of amides is 1. The molecule has 2 rings (SSSR count). The molecule has 0 aliphatic carbocycles. The maximum atomic E-state index is 11.8. The molecule has 0 saturated carbocycles. The Bertz CT molecular complexity index is 668. The van der Waals surface area contributed by atoms with Crippen LogP contribution in [0.4, 0.5) is 0 Å². The summed E-state index contributed by atoms with van der Waals surface area (Å²) in [7, 11) is 0. The molecule has 7 nitrogen and oxygen atoms in total. The van der Waals surface area contributed by atoms with Crippen molar-refractivity contribution in [2.75, 3.05) is 0 Å². The number of thiazole rings is 1. The highest BCUT2D eigenvalue weighted by molar-refractivity contribution is 7.09. The summed E-state index contributed by atoms with van der Waals surface area (Å²) in [6.07, 6.45) is 0. The molecule has 0 spiro atoms. The number of aromatic nitrogens is 1. The van der Waals surface area contributed by atoms with Crippen molar-refractivity contribution in [2.24, 2.45) is 0 Å². The van der Waals surface area contributed by atoms with Gasteiger partial charge in [-0.25, -0.2) is 9.78 Å². The Morgan fingerprint density at radius 3 is 2.70 bits per heavy atom. The average molecular weight is 294 g/mol. The summed E-state index contributed by atoms with van der Waals surface area (Å²) in [4.78, 5) is 26.3.